The van der Waals surface area contributed by atoms with Gasteiger partial charge in [0.15, 0.2) is 12.6 Å². The van der Waals surface area contributed by atoms with Crippen molar-refractivity contribution >= 4 is 23.9 Å². The molecule has 2 aliphatic heterocycles. The van der Waals surface area contributed by atoms with Crippen LogP contribution in [0.25, 0.3) is 0 Å². The molecule has 0 spiro atoms. The molecule has 0 saturated carbocycles. The van der Waals surface area contributed by atoms with E-state index in [0.29, 0.717) is 25.7 Å². The number of carbonyl (C=O) groups is 4. The second-order valence-electron chi connectivity index (χ2n) is 19.5. The third-order valence-electron chi connectivity index (χ3n) is 13.0. The summed E-state index contributed by atoms with van der Waals surface area (Å²) in [6.45, 7) is 11.6. The molecule has 2 saturated heterocycles. The van der Waals surface area contributed by atoms with Crippen LogP contribution in [0.1, 0.15) is 221 Å². The van der Waals surface area contributed by atoms with Gasteiger partial charge >= 0.3 is 17.9 Å². The molecule has 0 amide bonds. The Morgan fingerprint density at radius 2 is 0.732 bits per heavy atom. The van der Waals surface area contributed by atoms with Gasteiger partial charge in [0.25, 0.3) is 0 Å². The van der Waals surface area contributed by atoms with Crippen molar-refractivity contribution in [2.45, 2.75) is 307 Å². The summed E-state index contributed by atoms with van der Waals surface area (Å²) in [5.41, 5.74) is 0. The van der Waals surface area contributed by atoms with Gasteiger partial charge in [0.2, 0.25) is 0 Å². The molecule has 2 aliphatic rings. The fourth-order valence-electron chi connectivity index (χ4n) is 8.60. The number of ether oxygens (including phenoxy) is 6. The smallest absolute Gasteiger partial charge is 0.308 e. The van der Waals surface area contributed by atoms with E-state index in [2.05, 4.69) is 27.7 Å². The van der Waals surface area contributed by atoms with Crippen molar-refractivity contribution < 1.29 is 88.5 Å². The number of carboxylic acid groups (broad SMARTS) is 2. The Balaban J connectivity index is 0.00000136. The van der Waals surface area contributed by atoms with E-state index < -0.39 is 110 Å². The maximum atomic E-state index is 12.7. The molecule has 71 heavy (non-hydrogen) atoms. The lowest BCUT2D eigenvalue weighted by atomic mass is 9.99. The molecule has 0 aliphatic carbocycles. The molecule has 14 atom stereocenters. The van der Waals surface area contributed by atoms with Crippen molar-refractivity contribution in [3.8, 4) is 0 Å². The Morgan fingerprint density at radius 1 is 0.437 bits per heavy atom. The van der Waals surface area contributed by atoms with Crippen LogP contribution in [0.3, 0.4) is 0 Å². The normalized spacial score (nSPS) is 25.9. The summed E-state index contributed by atoms with van der Waals surface area (Å²) >= 11 is 0. The number of aliphatic hydroxyl groups is 6. The van der Waals surface area contributed by atoms with E-state index >= 15 is 0 Å². The third kappa shape index (κ3) is 30.4. The number of quaternary nitrogens is 1. The Labute approximate surface area is 424 Å². The molecule has 0 aromatic rings. The van der Waals surface area contributed by atoms with Crippen LogP contribution in [0.4, 0.5) is 0 Å². The van der Waals surface area contributed by atoms with Crippen molar-refractivity contribution in [3.05, 3.63) is 0 Å². The number of aliphatic hydroxyl groups excluding tert-OH is 6. The van der Waals surface area contributed by atoms with Crippen molar-refractivity contribution in [3.63, 3.8) is 0 Å². The fourth-order valence-corrected chi connectivity index (χ4v) is 8.60. The quantitative estimate of drug-likeness (QED) is 0.0244. The lowest BCUT2D eigenvalue weighted by molar-refractivity contribution is -0.307. The van der Waals surface area contributed by atoms with Gasteiger partial charge in [0.05, 0.1) is 43.7 Å². The predicted molar refractivity (Wildman–Crippen MR) is 265 cm³/mol. The van der Waals surface area contributed by atoms with Crippen molar-refractivity contribution in [1.29, 1.82) is 0 Å². The lowest BCUT2D eigenvalue weighted by Crippen LogP contribution is -2.58. The SMILES string of the molecule is CCCCCCC[C@H](CC(=O)O)OC(=O)C[C@@H](CCCCCCC)OC1OC(C)C(O)C(O)C1O.CCCCCCC[C@H](CC(=O)[O-])OC(=O)C[C@@H](CCCCCCC)OC1OC(C)C(O)C(O)C1O.[NH4+]. The van der Waals surface area contributed by atoms with Crippen LogP contribution in [0.5, 0.6) is 0 Å². The molecule has 2 rings (SSSR count). The number of aliphatic carboxylic acids is 2. The molecule has 19 heteroatoms. The van der Waals surface area contributed by atoms with E-state index in [-0.39, 0.29) is 31.8 Å². The first-order valence-electron chi connectivity index (χ1n) is 26.9. The number of hydrogen-bond acceptors (Lipinski definition) is 17. The number of carbonyl (C=O) groups excluding carboxylic acids is 3. The first kappa shape index (κ1) is 68.4. The molecule has 2 fully saturated rings. The van der Waals surface area contributed by atoms with Crippen LogP contribution in [0.15, 0.2) is 0 Å². The van der Waals surface area contributed by atoms with E-state index in [4.69, 9.17) is 28.4 Å². The number of unbranched alkanes of at least 4 members (excludes halogenated alkanes) is 16. The van der Waals surface area contributed by atoms with Crippen LogP contribution in [0.2, 0.25) is 0 Å². The number of esters is 2. The molecule has 0 aromatic heterocycles. The van der Waals surface area contributed by atoms with Gasteiger partial charge < -0.3 is 80.2 Å². The summed E-state index contributed by atoms with van der Waals surface area (Å²) in [4.78, 5) is 47.8. The molecule has 10 unspecified atom stereocenters. The van der Waals surface area contributed by atoms with E-state index in [1.54, 1.807) is 13.8 Å². The minimum Gasteiger partial charge on any atom is -0.550 e. The van der Waals surface area contributed by atoms with Crippen molar-refractivity contribution in [2.24, 2.45) is 0 Å². The minimum atomic E-state index is -1.46. The zero-order chi connectivity index (χ0) is 52.4. The highest BCUT2D eigenvalue weighted by Gasteiger charge is 2.45. The average molecular weight is 1030 g/mol. The lowest BCUT2D eigenvalue weighted by Gasteiger charge is -2.40. The van der Waals surface area contributed by atoms with Crippen molar-refractivity contribution in [2.75, 3.05) is 0 Å². The number of hydrogen-bond donors (Lipinski definition) is 8. The average Bonchev–Trinajstić information content (AvgIpc) is 3.30. The van der Waals surface area contributed by atoms with Gasteiger partial charge in [-0.3, -0.25) is 14.4 Å². The highest BCUT2D eigenvalue weighted by atomic mass is 16.7. The molecule has 2 heterocycles. The Morgan fingerprint density at radius 3 is 1.03 bits per heavy atom. The molecule has 420 valence electrons. The van der Waals surface area contributed by atoms with Crippen LogP contribution < -0.4 is 11.3 Å². The van der Waals surface area contributed by atoms with Gasteiger partial charge in [0.1, 0.15) is 48.8 Å². The minimum absolute atomic E-state index is 0. The molecular weight excluding hydrogens is 927 g/mol. The fraction of sp³-hybridized carbons (Fsp3) is 0.923. The number of rotatable bonds is 38. The van der Waals surface area contributed by atoms with E-state index in [1.165, 1.54) is 0 Å². The highest BCUT2D eigenvalue weighted by molar-refractivity contribution is 5.72. The first-order chi connectivity index (χ1) is 33.4. The Hall–Kier alpha value is -2.56. The van der Waals surface area contributed by atoms with Crippen LogP contribution in [0, 0.1) is 0 Å². The Kier molecular flexibility index (Phi) is 39.3. The van der Waals surface area contributed by atoms with E-state index in [1.807, 2.05) is 0 Å². The predicted octanol–water partition coefficient (Wildman–Crippen LogP) is 6.43. The second kappa shape index (κ2) is 40.8. The summed E-state index contributed by atoms with van der Waals surface area (Å²) in [5, 5.41) is 81.0. The standard InChI is InChI=1S/2C26H48O9.H3N/c2*1-4-6-8-10-12-14-19(16-21(27)28)34-22(29)17-20(15-13-11-9-7-5-2)35-26-25(32)24(31)23(30)18(3)33-26;/h2*18-20,23-26,30-32H,4-17H2,1-3H3,(H,27,28);1H3/t2*18?,19-,20-,23?,24?,25?,26?;/m11./s1. The summed E-state index contributed by atoms with van der Waals surface area (Å²) < 4.78 is 33.9. The topological polar surface area (TPSA) is 325 Å². The van der Waals surface area contributed by atoms with Gasteiger partial charge in [0, 0.05) is 12.4 Å². The van der Waals surface area contributed by atoms with E-state index in [0.717, 1.165) is 128 Å². The van der Waals surface area contributed by atoms with Gasteiger partial charge in [-0.05, 0) is 52.4 Å². The van der Waals surface area contributed by atoms with Crippen LogP contribution in [-0.2, 0) is 47.6 Å². The molecule has 19 nitrogen and oxygen atoms in total. The molecular formula is C52H99NO18. The van der Waals surface area contributed by atoms with Gasteiger partial charge in [-0.15, -0.1) is 0 Å². The zero-order valence-corrected chi connectivity index (χ0v) is 44.5. The molecule has 0 radical (unpaired) electrons. The van der Waals surface area contributed by atoms with E-state index in [9.17, 15) is 60.0 Å². The summed E-state index contributed by atoms with van der Waals surface area (Å²) in [5.74, 6) is -3.41. The van der Waals surface area contributed by atoms with Crippen LogP contribution in [-0.4, -0.2) is 145 Å². The monoisotopic (exact) mass is 1030 g/mol. The maximum absolute atomic E-state index is 12.7. The molecule has 0 bridgehead atoms. The summed E-state index contributed by atoms with van der Waals surface area (Å²) in [6, 6.07) is 0. The summed E-state index contributed by atoms with van der Waals surface area (Å²) in [7, 11) is 0. The largest absolute Gasteiger partial charge is 0.550 e. The van der Waals surface area contributed by atoms with Gasteiger partial charge in [-0.1, -0.05) is 143 Å². The number of carboxylic acids is 2. The van der Waals surface area contributed by atoms with Gasteiger partial charge in [-0.25, -0.2) is 0 Å². The maximum Gasteiger partial charge on any atom is 0.308 e. The Bertz CT molecular complexity index is 1280. The zero-order valence-electron chi connectivity index (χ0n) is 44.5. The second-order valence-corrected chi connectivity index (χ2v) is 19.5. The summed E-state index contributed by atoms with van der Waals surface area (Å²) in [6.07, 6.45) is 6.42. The molecule has 0 aromatic carbocycles. The third-order valence-corrected chi connectivity index (χ3v) is 13.0. The first-order valence-corrected chi connectivity index (χ1v) is 26.9. The highest BCUT2D eigenvalue weighted by Crippen LogP contribution is 2.28. The van der Waals surface area contributed by atoms with Gasteiger partial charge in [-0.2, -0.15) is 0 Å². The molecule has 11 N–H and O–H groups in total. The van der Waals surface area contributed by atoms with Crippen molar-refractivity contribution in [1.82, 2.24) is 6.15 Å². The van der Waals surface area contributed by atoms with Crippen LogP contribution >= 0.6 is 0 Å².